The Morgan fingerprint density at radius 3 is 2.82 bits per heavy atom. The normalized spacial score (nSPS) is 9.64. The number of hydrogen-bond acceptors (Lipinski definition) is 4. The topological polar surface area (TPSA) is 59.8 Å². The van der Waals surface area contributed by atoms with Gasteiger partial charge in [-0.1, -0.05) is 0 Å². The highest BCUT2D eigenvalue weighted by Gasteiger charge is 2.06. The van der Waals surface area contributed by atoms with Crippen LogP contribution in [0.4, 0.5) is 5.95 Å². The molecule has 0 atom stereocenters. The molecule has 5 heteroatoms. The van der Waals surface area contributed by atoms with Crippen LogP contribution in [0.15, 0.2) is 0 Å². The zero-order chi connectivity index (χ0) is 8.27. The maximum Gasteiger partial charge on any atom is 0.224 e. The third-order valence-electron chi connectivity index (χ3n) is 1.42. The fourth-order valence-electron chi connectivity index (χ4n) is 0.899. The van der Waals surface area contributed by atoms with Crippen LogP contribution in [0.2, 0.25) is 0 Å². The number of carbonyl (C=O) groups is 1. The largest absolute Gasteiger partial charge is 0.357 e. The summed E-state index contributed by atoms with van der Waals surface area (Å²) in [5, 5.41) is 10.2. The molecule has 0 aromatic carbocycles. The van der Waals surface area contributed by atoms with Crippen molar-refractivity contribution in [3.63, 3.8) is 0 Å². The smallest absolute Gasteiger partial charge is 0.224 e. The van der Waals surface area contributed by atoms with Crippen molar-refractivity contribution in [2.24, 2.45) is 0 Å². The Morgan fingerprint density at radius 2 is 2.36 bits per heavy atom. The lowest BCUT2D eigenvalue weighted by Gasteiger charge is -2.01. The minimum absolute atomic E-state index is 0.358. The lowest BCUT2D eigenvalue weighted by Crippen LogP contribution is -2.04. The first-order valence-corrected chi connectivity index (χ1v) is 3.39. The number of carbonyl (C=O) groups excluding carboxylic acids is 1. The quantitative estimate of drug-likeness (QED) is 0.630. The van der Waals surface area contributed by atoms with E-state index < -0.39 is 0 Å². The van der Waals surface area contributed by atoms with Gasteiger partial charge in [0.1, 0.15) is 0 Å². The predicted molar refractivity (Wildman–Crippen MR) is 40.6 cm³/mol. The van der Waals surface area contributed by atoms with Crippen LogP contribution < -0.4 is 5.32 Å². The van der Waals surface area contributed by atoms with E-state index in [9.17, 15) is 4.79 Å². The maximum absolute atomic E-state index is 10.4. The van der Waals surface area contributed by atoms with E-state index in [4.69, 9.17) is 0 Å². The zero-order valence-corrected chi connectivity index (χ0v) is 6.53. The highest BCUT2D eigenvalue weighted by Crippen LogP contribution is 2.03. The molecular formula is C6H10N4O. The van der Waals surface area contributed by atoms with E-state index in [1.165, 1.54) is 0 Å². The van der Waals surface area contributed by atoms with Gasteiger partial charge in [-0.25, -0.2) is 0 Å². The summed E-state index contributed by atoms with van der Waals surface area (Å²) < 4.78 is 1.70. The van der Waals surface area contributed by atoms with E-state index in [2.05, 4.69) is 15.5 Å². The molecule has 0 aliphatic heterocycles. The van der Waals surface area contributed by atoms with Gasteiger partial charge in [0.25, 0.3) is 0 Å². The summed E-state index contributed by atoms with van der Waals surface area (Å²) in [4.78, 5) is 10.4. The molecule has 0 unspecified atom stereocenters. The molecule has 0 bridgehead atoms. The van der Waals surface area contributed by atoms with E-state index in [-0.39, 0.29) is 0 Å². The molecule has 11 heavy (non-hydrogen) atoms. The first-order valence-electron chi connectivity index (χ1n) is 3.39. The molecule has 0 amide bonds. The Bertz CT molecular complexity index is 255. The van der Waals surface area contributed by atoms with Crippen molar-refractivity contribution >= 4 is 12.2 Å². The van der Waals surface area contributed by atoms with Crippen LogP contribution in [-0.2, 0) is 6.54 Å². The van der Waals surface area contributed by atoms with E-state index >= 15 is 0 Å². The van der Waals surface area contributed by atoms with Gasteiger partial charge in [-0.15, -0.1) is 10.2 Å². The van der Waals surface area contributed by atoms with Crippen molar-refractivity contribution in [3.8, 4) is 0 Å². The summed E-state index contributed by atoms with van der Waals surface area (Å²) in [6.45, 7) is 2.62. The second-order valence-electron chi connectivity index (χ2n) is 1.99. The molecule has 5 nitrogen and oxygen atoms in total. The van der Waals surface area contributed by atoms with Crippen LogP contribution in [0, 0.1) is 0 Å². The first-order chi connectivity index (χ1) is 5.33. The summed E-state index contributed by atoms with van der Waals surface area (Å²) in [6, 6.07) is 0. The average Bonchev–Trinajstić information content (AvgIpc) is 2.45. The Labute approximate surface area is 64.4 Å². The van der Waals surface area contributed by atoms with Gasteiger partial charge in [0.05, 0.1) is 0 Å². The van der Waals surface area contributed by atoms with E-state index in [0.29, 0.717) is 24.6 Å². The molecule has 1 heterocycles. The van der Waals surface area contributed by atoms with Gasteiger partial charge in [0, 0.05) is 13.6 Å². The number of hydrogen-bond donors (Lipinski definition) is 1. The summed E-state index contributed by atoms with van der Waals surface area (Å²) in [5.74, 6) is 0.978. The van der Waals surface area contributed by atoms with E-state index in [0.717, 1.165) is 0 Å². The Hall–Kier alpha value is -1.39. The second kappa shape index (κ2) is 3.14. The number of aromatic nitrogens is 3. The monoisotopic (exact) mass is 154 g/mol. The molecule has 1 N–H and O–H groups in total. The second-order valence-corrected chi connectivity index (χ2v) is 1.99. The van der Waals surface area contributed by atoms with Crippen molar-refractivity contribution in [2.45, 2.75) is 13.5 Å². The lowest BCUT2D eigenvalue weighted by atomic mass is 10.6. The molecule has 0 saturated heterocycles. The number of nitrogens with one attached hydrogen (secondary N) is 1. The number of rotatable bonds is 3. The third kappa shape index (κ3) is 1.21. The average molecular weight is 154 g/mol. The minimum Gasteiger partial charge on any atom is -0.357 e. The predicted octanol–water partition coefficient (Wildman–Crippen LogP) is 0.152. The summed E-state index contributed by atoms with van der Waals surface area (Å²) in [6.07, 6.45) is 0.692. The fourth-order valence-corrected chi connectivity index (χ4v) is 0.899. The van der Waals surface area contributed by atoms with Gasteiger partial charge in [0.15, 0.2) is 12.1 Å². The molecule has 0 aliphatic rings. The van der Waals surface area contributed by atoms with Gasteiger partial charge >= 0.3 is 0 Å². The molecule has 1 rings (SSSR count). The Kier molecular flexibility index (Phi) is 2.20. The first kappa shape index (κ1) is 7.71. The number of anilines is 1. The standard InChI is InChI=1S/C6H10N4O/c1-3-10-5(4-11)8-9-6(10)7-2/h4H,3H2,1-2H3,(H,7,9). The number of nitrogens with zero attached hydrogens (tertiary/aromatic N) is 3. The van der Waals surface area contributed by atoms with Gasteiger partial charge in [0.2, 0.25) is 5.95 Å². The van der Waals surface area contributed by atoms with Crippen molar-refractivity contribution < 1.29 is 4.79 Å². The van der Waals surface area contributed by atoms with Crippen molar-refractivity contribution in [3.05, 3.63) is 5.82 Å². The van der Waals surface area contributed by atoms with E-state index in [1.54, 1.807) is 11.6 Å². The SMILES string of the molecule is CCn1c(C=O)nnc1NC. The van der Waals surface area contributed by atoms with Crippen molar-refractivity contribution in [2.75, 3.05) is 12.4 Å². The minimum atomic E-state index is 0.358. The fraction of sp³-hybridized carbons (Fsp3) is 0.500. The Balaban J connectivity index is 3.08. The van der Waals surface area contributed by atoms with Crippen LogP contribution in [0.5, 0.6) is 0 Å². The molecule has 0 radical (unpaired) electrons. The molecule has 1 aromatic heterocycles. The molecule has 0 fully saturated rings. The van der Waals surface area contributed by atoms with Crippen LogP contribution in [-0.4, -0.2) is 28.1 Å². The van der Waals surface area contributed by atoms with Crippen molar-refractivity contribution in [1.29, 1.82) is 0 Å². The number of aldehydes is 1. The van der Waals surface area contributed by atoms with Gasteiger partial charge < -0.3 is 5.32 Å². The van der Waals surface area contributed by atoms with Crippen molar-refractivity contribution in [1.82, 2.24) is 14.8 Å². The Morgan fingerprint density at radius 1 is 1.64 bits per heavy atom. The van der Waals surface area contributed by atoms with Gasteiger partial charge in [-0.2, -0.15) is 0 Å². The lowest BCUT2D eigenvalue weighted by molar-refractivity contribution is 0.111. The molecule has 60 valence electrons. The molecule has 0 aliphatic carbocycles. The third-order valence-corrected chi connectivity index (χ3v) is 1.42. The molecule has 1 aromatic rings. The van der Waals surface area contributed by atoms with Gasteiger partial charge in [-0.05, 0) is 6.92 Å². The van der Waals surface area contributed by atoms with Gasteiger partial charge in [-0.3, -0.25) is 9.36 Å². The summed E-state index contributed by atoms with van der Waals surface area (Å²) in [7, 11) is 1.74. The van der Waals surface area contributed by atoms with Crippen LogP contribution in [0.1, 0.15) is 17.5 Å². The molecule has 0 saturated carbocycles. The summed E-state index contributed by atoms with van der Waals surface area (Å²) in [5.41, 5.74) is 0. The molecular weight excluding hydrogens is 144 g/mol. The van der Waals surface area contributed by atoms with Crippen LogP contribution in [0.25, 0.3) is 0 Å². The summed E-state index contributed by atoms with van der Waals surface area (Å²) >= 11 is 0. The highest BCUT2D eigenvalue weighted by molar-refractivity contribution is 5.69. The van der Waals surface area contributed by atoms with Crippen LogP contribution in [0.3, 0.4) is 0 Å². The van der Waals surface area contributed by atoms with Crippen LogP contribution >= 0.6 is 0 Å². The zero-order valence-electron chi connectivity index (χ0n) is 6.53. The maximum atomic E-state index is 10.4. The molecule has 0 spiro atoms. The highest BCUT2D eigenvalue weighted by atomic mass is 16.1. The van der Waals surface area contributed by atoms with E-state index in [1.807, 2.05) is 6.92 Å².